The maximum absolute atomic E-state index is 5.71. The van der Waals surface area contributed by atoms with Crippen molar-refractivity contribution in [1.29, 1.82) is 0 Å². The fourth-order valence-corrected chi connectivity index (χ4v) is 2.93. The van der Waals surface area contributed by atoms with Crippen LogP contribution in [0.25, 0.3) is 0 Å². The molecule has 1 unspecified atom stereocenters. The average molecular weight is 276 g/mol. The summed E-state index contributed by atoms with van der Waals surface area (Å²) in [6.45, 7) is 6.05. The Bertz CT molecular complexity index is 388. The summed E-state index contributed by atoms with van der Waals surface area (Å²) < 4.78 is 5.71. The highest BCUT2D eigenvalue weighted by Crippen LogP contribution is 2.22. The molecule has 2 N–H and O–H groups in total. The molecule has 0 amide bonds. The lowest BCUT2D eigenvalue weighted by molar-refractivity contribution is 0.103. The zero-order valence-corrected chi connectivity index (χ0v) is 12.7. The predicted molar refractivity (Wildman–Crippen MR) is 85.3 cm³/mol. The number of aryl methyl sites for hydroxylation is 1. The van der Waals surface area contributed by atoms with E-state index >= 15 is 0 Å². The molecule has 2 rings (SSSR count). The van der Waals surface area contributed by atoms with Crippen molar-refractivity contribution in [3.63, 3.8) is 0 Å². The standard InChI is InChI=1S/C17H28N2O/c1-15-7-2-3-10-17(15)19(13-6-11-18)12-4-8-16-9-5-14-20-16/h2-3,7,10,16H,4-6,8-9,11-14,18H2,1H3. The van der Waals surface area contributed by atoms with E-state index in [0.717, 1.165) is 32.7 Å². The lowest BCUT2D eigenvalue weighted by atomic mass is 10.1. The second-order valence-electron chi connectivity index (χ2n) is 5.69. The first-order valence-corrected chi connectivity index (χ1v) is 7.93. The molecule has 3 nitrogen and oxygen atoms in total. The molecule has 20 heavy (non-hydrogen) atoms. The van der Waals surface area contributed by atoms with Crippen molar-refractivity contribution in [2.24, 2.45) is 5.73 Å². The number of ether oxygens (including phenoxy) is 1. The van der Waals surface area contributed by atoms with E-state index in [1.807, 2.05) is 0 Å². The fraction of sp³-hybridized carbons (Fsp3) is 0.647. The molecule has 1 atom stereocenters. The van der Waals surface area contributed by atoms with Gasteiger partial charge in [-0.15, -0.1) is 0 Å². The van der Waals surface area contributed by atoms with Crippen molar-refractivity contribution in [2.45, 2.75) is 45.1 Å². The van der Waals surface area contributed by atoms with E-state index in [1.54, 1.807) is 0 Å². The Balaban J connectivity index is 1.87. The van der Waals surface area contributed by atoms with E-state index in [2.05, 4.69) is 36.1 Å². The van der Waals surface area contributed by atoms with Crippen LogP contribution in [-0.4, -0.2) is 32.3 Å². The minimum absolute atomic E-state index is 0.503. The van der Waals surface area contributed by atoms with Crippen LogP contribution in [0.1, 0.15) is 37.7 Å². The Hall–Kier alpha value is -1.06. The summed E-state index contributed by atoms with van der Waals surface area (Å²) in [5.41, 5.74) is 8.38. The van der Waals surface area contributed by atoms with Crippen LogP contribution >= 0.6 is 0 Å². The SMILES string of the molecule is Cc1ccccc1N(CCCN)CCCC1CCCO1. The molecule has 0 aliphatic carbocycles. The molecule has 1 saturated heterocycles. The second kappa shape index (κ2) is 8.28. The van der Waals surface area contributed by atoms with Gasteiger partial charge in [0, 0.05) is 25.4 Å². The van der Waals surface area contributed by atoms with E-state index in [9.17, 15) is 0 Å². The lowest BCUT2D eigenvalue weighted by Crippen LogP contribution is -2.28. The molecule has 1 fully saturated rings. The number of benzene rings is 1. The van der Waals surface area contributed by atoms with Crippen LogP contribution in [0.2, 0.25) is 0 Å². The van der Waals surface area contributed by atoms with Crippen LogP contribution in [0.3, 0.4) is 0 Å². The minimum Gasteiger partial charge on any atom is -0.378 e. The van der Waals surface area contributed by atoms with Crippen molar-refractivity contribution in [3.05, 3.63) is 29.8 Å². The smallest absolute Gasteiger partial charge is 0.0576 e. The highest BCUT2D eigenvalue weighted by atomic mass is 16.5. The van der Waals surface area contributed by atoms with Gasteiger partial charge in [-0.1, -0.05) is 18.2 Å². The summed E-state index contributed by atoms with van der Waals surface area (Å²) in [5, 5.41) is 0. The largest absolute Gasteiger partial charge is 0.378 e. The van der Waals surface area contributed by atoms with Gasteiger partial charge in [-0.25, -0.2) is 0 Å². The van der Waals surface area contributed by atoms with Crippen LogP contribution in [-0.2, 0) is 4.74 Å². The van der Waals surface area contributed by atoms with Gasteiger partial charge in [0.15, 0.2) is 0 Å². The summed E-state index contributed by atoms with van der Waals surface area (Å²) in [7, 11) is 0. The van der Waals surface area contributed by atoms with E-state index in [-0.39, 0.29) is 0 Å². The fourth-order valence-electron chi connectivity index (χ4n) is 2.93. The molecular weight excluding hydrogens is 248 g/mol. The molecule has 0 spiro atoms. The third-order valence-electron chi connectivity index (χ3n) is 4.07. The first-order valence-electron chi connectivity index (χ1n) is 7.93. The van der Waals surface area contributed by atoms with Gasteiger partial charge in [0.25, 0.3) is 0 Å². The van der Waals surface area contributed by atoms with Gasteiger partial charge >= 0.3 is 0 Å². The predicted octanol–water partition coefficient (Wildman–Crippen LogP) is 3.11. The van der Waals surface area contributed by atoms with Crippen LogP contribution < -0.4 is 10.6 Å². The van der Waals surface area contributed by atoms with Gasteiger partial charge in [0.2, 0.25) is 0 Å². The minimum atomic E-state index is 0.503. The van der Waals surface area contributed by atoms with Gasteiger partial charge in [-0.05, 0) is 57.2 Å². The average Bonchev–Trinajstić information content (AvgIpc) is 2.97. The molecule has 0 aromatic heterocycles. The molecule has 0 bridgehead atoms. The van der Waals surface area contributed by atoms with Crippen molar-refractivity contribution < 1.29 is 4.74 Å². The highest BCUT2D eigenvalue weighted by molar-refractivity contribution is 5.52. The Morgan fingerprint density at radius 2 is 2.05 bits per heavy atom. The molecule has 112 valence electrons. The van der Waals surface area contributed by atoms with Gasteiger partial charge in [-0.2, -0.15) is 0 Å². The summed E-state index contributed by atoms with van der Waals surface area (Å²) in [6, 6.07) is 8.63. The molecule has 1 aromatic carbocycles. The number of anilines is 1. The topological polar surface area (TPSA) is 38.5 Å². The zero-order valence-electron chi connectivity index (χ0n) is 12.7. The number of para-hydroxylation sites is 1. The van der Waals surface area contributed by atoms with Crippen LogP contribution in [0.4, 0.5) is 5.69 Å². The van der Waals surface area contributed by atoms with Crippen molar-refractivity contribution >= 4 is 5.69 Å². The number of nitrogens with zero attached hydrogens (tertiary/aromatic N) is 1. The third kappa shape index (κ3) is 4.50. The van der Waals surface area contributed by atoms with E-state index in [0.29, 0.717) is 6.10 Å². The molecular formula is C17H28N2O. The lowest BCUT2D eigenvalue weighted by Gasteiger charge is -2.27. The molecule has 1 aromatic rings. The summed E-state index contributed by atoms with van der Waals surface area (Å²) in [4.78, 5) is 2.48. The van der Waals surface area contributed by atoms with Crippen LogP contribution in [0.5, 0.6) is 0 Å². The Kier molecular flexibility index (Phi) is 6.34. The Labute approximate surface area is 123 Å². The Morgan fingerprint density at radius 1 is 1.25 bits per heavy atom. The van der Waals surface area contributed by atoms with E-state index in [1.165, 1.54) is 36.9 Å². The maximum atomic E-state index is 5.71. The van der Waals surface area contributed by atoms with Crippen molar-refractivity contribution in [2.75, 3.05) is 31.1 Å². The number of rotatable bonds is 8. The molecule has 1 heterocycles. The second-order valence-corrected chi connectivity index (χ2v) is 5.69. The Morgan fingerprint density at radius 3 is 2.75 bits per heavy atom. The number of hydrogen-bond donors (Lipinski definition) is 1. The van der Waals surface area contributed by atoms with Crippen LogP contribution in [0.15, 0.2) is 24.3 Å². The zero-order chi connectivity index (χ0) is 14.2. The van der Waals surface area contributed by atoms with Gasteiger partial charge in [0.05, 0.1) is 6.10 Å². The third-order valence-corrected chi connectivity index (χ3v) is 4.07. The molecule has 0 radical (unpaired) electrons. The molecule has 0 saturated carbocycles. The van der Waals surface area contributed by atoms with Gasteiger partial charge in [-0.3, -0.25) is 0 Å². The van der Waals surface area contributed by atoms with Crippen LogP contribution in [0, 0.1) is 6.92 Å². The number of nitrogens with two attached hydrogens (primary N) is 1. The van der Waals surface area contributed by atoms with Gasteiger partial charge in [0.1, 0.15) is 0 Å². The summed E-state index contributed by atoms with van der Waals surface area (Å²) in [6.07, 6.45) is 6.42. The molecule has 3 heteroatoms. The van der Waals surface area contributed by atoms with E-state index < -0.39 is 0 Å². The molecule has 1 aliphatic rings. The van der Waals surface area contributed by atoms with Gasteiger partial charge < -0.3 is 15.4 Å². The highest BCUT2D eigenvalue weighted by Gasteiger charge is 2.16. The monoisotopic (exact) mass is 276 g/mol. The summed E-state index contributed by atoms with van der Waals surface area (Å²) >= 11 is 0. The number of hydrogen-bond acceptors (Lipinski definition) is 3. The first kappa shape index (κ1) is 15.3. The maximum Gasteiger partial charge on any atom is 0.0576 e. The van der Waals surface area contributed by atoms with Crippen molar-refractivity contribution in [3.8, 4) is 0 Å². The summed E-state index contributed by atoms with van der Waals surface area (Å²) in [5.74, 6) is 0. The molecule has 1 aliphatic heterocycles. The van der Waals surface area contributed by atoms with E-state index in [4.69, 9.17) is 10.5 Å². The first-order chi connectivity index (χ1) is 9.81. The van der Waals surface area contributed by atoms with Crippen molar-refractivity contribution in [1.82, 2.24) is 0 Å². The quantitative estimate of drug-likeness (QED) is 0.793. The normalized spacial score (nSPS) is 18.4.